The first-order valence-electron chi connectivity index (χ1n) is 5.76. The molecule has 0 spiro atoms. The van der Waals surface area contributed by atoms with E-state index in [4.69, 9.17) is 15.2 Å². The smallest absolute Gasteiger partial charge is 0.245 e. The van der Waals surface area contributed by atoms with Crippen molar-refractivity contribution in [2.75, 3.05) is 12.3 Å². The Morgan fingerprint density at radius 1 is 1.17 bits per heavy atom. The summed E-state index contributed by atoms with van der Waals surface area (Å²) < 4.78 is 11.0. The van der Waals surface area contributed by atoms with Gasteiger partial charge in [-0.15, -0.1) is 0 Å². The Morgan fingerprint density at radius 2 is 1.89 bits per heavy atom. The molecule has 5 heteroatoms. The molecule has 2 rings (SSSR count). The van der Waals surface area contributed by atoms with Gasteiger partial charge in [0.2, 0.25) is 5.88 Å². The Labute approximate surface area is 106 Å². The maximum Gasteiger partial charge on any atom is 0.245 e. The van der Waals surface area contributed by atoms with E-state index in [1.54, 1.807) is 0 Å². The molecule has 0 bridgehead atoms. The number of nitrogen functional groups attached to an aromatic ring is 1. The molecule has 0 aliphatic carbocycles. The highest BCUT2D eigenvalue weighted by Crippen LogP contribution is 2.25. The fourth-order valence-electron chi connectivity index (χ4n) is 1.35. The van der Waals surface area contributed by atoms with E-state index in [0.717, 1.165) is 12.2 Å². The van der Waals surface area contributed by atoms with Crippen LogP contribution in [0.5, 0.6) is 17.4 Å². The molecule has 0 aliphatic rings. The summed E-state index contributed by atoms with van der Waals surface area (Å²) >= 11 is 0. The SMILES string of the molecule is CCCOc1ccc(Oc2ncncc2N)cc1. The van der Waals surface area contributed by atoms with Crippen LogP contribution in [0.15, 0.2) is 36.8 Å². The predicted molar refractivity (Wildman–Crippen MR) is 68.7 cm³/mol. The van der Waals surface area contributed by atoms with E-state index in [9.17, 15) is 0 Å². The van der Waals surface area contributed by atoms with Crippen molar-refractivity contribution in [1.82, 2.24) is 9.97 Å². The summed E-state index contributed by atoms with van der Waals surface area (Å²) in [4.78, 5) is 7.75. The van der Waals surface area contributed by atoms with Gasteiger partial charge in [-0.3, -0.25) is 0 Å². The Morgan fingerprint density at radius 3 is 2.56 bits per heavy atom. The standard InChI is InChI=1S/C13H15N3O2/c1-2-7-17-10-3-5-11(6-4-10)18-13-12(14)8-15-9-16-13/h3-6,8-9H,2,7,14H2,1H3. The van der Waals surface area contributed by atoms with Crippen LogP contribution in [0.25, 0.3) is 0 Å². The molecule has 5 nitrogen and oxygen atoms in total. The Kier molecular flexibility index (Phi) is 3.96. The predicted octanol–water partition coefficient (Wildman–Crippen LogP) is 2.64. The summed E-state index contributed by atoms with van der Waals surface area (Å²) in [5, 5.41) is 0. The lowest BCUT2D eigenvalue weighted by molar-refractivity contribution is 0.317. The van der Waals surface area contributed by atoms with E-state index in [1.165, 1.54) is 12.5 Å². The molecule has 0 fully saturated rings. The van der Waals surface area contributed by atoms with Crippen molar-refractivity contribution in [3.63, 3.8) is 0 Å². The number of ether oxygens (including phenoxy) is 2. The molecule has 1 aromatic carbocycles. The molecule has 0 unspecified atom stereocenters. The molecule has 1 heterocycles. The summed E-state index contributed by atoms with van der Waals surface area (Å²) in [6, 6.07) is 7.32. The number of hydrogen-bond donors (Lipinski definition) is 1. The minimum atomic E-state index is 0.354. The molecule has 1 aromatic heterocycles. The van der Waals surface area contributed by atoms with Crippen LogP contribution in [-0.4, -0.2) is 16.6 Å². The highest BCUT2D eigenvalue weighted by molar-refractivity contribution is 5.47. The number of nitrogens with zero attached hydrogens (tertiary/aromatic N) is 2. The minimum Gasteiger partial charge on any atom is -0.494 e. The maximum absolute atomic E-state index is 5.69. The van der Waals surface area contributed by atoms with Crippen LogP contribution >= 0.6 is 0 Å². The van der Waals surface area contributed by atoms with Gasteiger partial charge in [0.1, 0.15) is 23.5 Å². The first kappa shape index (κ1) is 12.2. The molecular weight excluding hydrogens is 230 g/mol. The van der Waals surface area contributed by atoms with Crippen molar-refractivity contribution in [2.45, 2.75) is 13.3 Å². The first-order valence-corrected chi connectivity index (χ1v) is 5.76. The summed E-state index contributed by atoms with van der Waals surface area (Å²) in [6.45, 7) is 2.77. The third-order valence-electron chi connectivity index (χ3n) is 2.21. The molecule has 18 heavy (non-hydrogen) atoms. The van der Waals surface area contributed by atoms with Gasteiger partial charge in [0, 0.05) is 0 Å². The number of nitrogens with two attached hydrogens (primary N) is 1. The number of aromatic nitrogens is 2. The van der Waals surface area contributed by atoms with Crippen molar-refractivity contribution in [1.29, 1.82) is 0 Å². The van der Waals surface area contributed by atoms with Crippen LogP contribution in [-0.2, 0) is 0 Å². The van der Waals surface area contributed by atoms with Gasteiger partial charge in [0.05, 0.1) is 12.8 Å². The molecule has 2 aromatic rings. The third-order valence-corrected chi connectivity index (χ3v) is 2.21. The third kappa shape index (κ3) is 3.10. The fraction of sp³-hybridized carbons (Fsp3) is 0.231. The number of anilines is 1. The molecule has 0 radical (unpaired) electrons. The van der Waals surface area contributed by atoms with Gasteiger partial charge >= 0.3 is 0 Å². The van der Waals surface area contributed by atoms with Crippen LogP contribution < -0.4 is 15.2 Å². The molecule has 0 saturated heterocycles. The van der Waals surface area contributed by atoms with Crippen molar-refractivity contribution >= 4 is 5.69 Å². The lowest BCUT2D eigenvalue weighted by atomic mass is 10.3. The van der Waals surface area contributed by atoms with Crippen LogP contribution in [0.2, 0.25) is 0 Å². The van der Waals surface area contributed by atoms with E-state index in [1.807, 2.05) is 24.3 Å². The monoisotopic (exact) mass is 245 g/mol. The van der Waals surface area contributed by atoms with Crippen LogP contribution in [0, 0.1) is 0 Å². The Balaban J connectivity index is 2.04. The van der Waals surface area contributed by atoms with Gasteiger partial charge in [-0.1, -0.05) is 6.92 Å². The van der Waals surface area contributed by atoms with E-state index < -0.39 is 0 Å². The van der Waals surface area contributed by atoms with Gasteiger partial charge in [0.25, 0.3) is 0 Å². The zero-order valence-electron chi connectivity index (χ0n) is 10.2. The van der Waals surface area contributed by atoms with E-state index in [-0.39, 0.29) is 0 Å². The molecule has 0 saturated carbocycles. The van der Waals surface area contributed by atoms with Gasteiger partial charge in [-0.05, 0) is 30.7 Å². The number of hydrogen-bond acceptors (Lipinski definition) is 5. The molecule has 0 amide bonds. The summed E-state index contributed by atoms with van der Waals surface area (Å²) in [7, 11) is 0. The van der Waals surface area contributed by atoms with Crippen LogP contribution in [0.1, 0.15) is 13.3 Å². The highest BCUT2D eigenvalue weighted by Gasteiger charge is 2.03. The van der Waals surface area contributed by atoms with Crippen molar-refractivity contribution in [3.05, 3.63) is 36.8 Å². The molecule has 94 valence electrons. The maximum atomic E-state index is 5.69. The van der Waals surface area contributed by atoms with Gasteiger partial charge in [-0.25, -0.2) is 4.98 Å². The lowest BCUT2D eigenvalue weighted by Gasteiger charge is -2.08. The molecule has 0 atom stereocenters. The summed E-state index contributed by atoms with van der Waals surface area (Å²) in [5.74, 6) is 1.83. The average molecular weight is 245 g/mol. The van der Waals surface area contributed by atoms with Crippen molar-refractivity contribution in [3.8, 4) is 17.4 Å². The topological polar surface area (TPSA) is 70.3 Å². The normalized spacial score (nSPS) is 10.1. The zero-order chi connectivity index (χ0) is 12.8. The lowest BCUT2D eigenvalue weighted by Crippen LogP contribution is -1.96. The van der Waals surface area contributed by atoms with E-state index in [2.05, 4.69) is 16.9 Å². The second-order valence-corrected chi connectivity index (χ2v) is 3.71. The van der Waals surface area contributed by atoms with Gasteiger partial charge in [-0.2, -0.15) is 4.98 Å². The average Bonchev–Trinajstić information content (AvgIpc) is 2.41. The zero-order valence-corrected chi connectivity index (χ0v) is 10.2. The minimum absolute atomic E-state index is 0.354. The van der Waals surface area contributed by atoms with E-state index in [0.29, 0.717) is 23.9 Å². The van der Waals surface area contributed by atoms with E-state index >= 15 is 0 Å². The quantitative estimate of drug-likeness (QED) is 0.876. The largest absolute Gasteiger partial charge is 0.494 e. The number of benzene rings is 1. The van der Waals surface area contributed by atoms with Crippen molar-refractivity contribution in [2.24, 2.45) is 0 Å². The van der Waals surface area contributed by atoms with Gasteiger partial charge < -0.3 is 15.2 Å². The molecular formula is C13H15N3O2. The van der Waals surface area contributed by atoms with Crippen molar-refractivity contribution < 1.29 is 9.47 Å². The first-order chi connectivity index (χ1) is 8.79. The fourth-order valence-corrected chi connectivity index (χ4v) is 1.35. The Bertz CT molecular complexity index is 500. The van der Waals surface area contributed by atoms with Crippen LogP contribution in [0.3, 0.4) is 0 Å². The number of rotatable bonds is 5. The van der Waals surface area contributed by atoms with Gasteiger partial charge in [0.15, 0.2) is 0 Å². The summed E-state index contributed by atoms with van der Waals surface area (Å²) in [5.41, 5.74) is 6.10. The summed E-state index contributed by atoms with van der Waals surface area (Å²) in [6.07, 6.45) is 3.88. The van der Waals surface area contributed by atoms with Crippen LogP contribution in [0.4, 0.5) is 5.69 Å². The Hall–Kier alpha value is -2.30. The highest BCUT2D eigenvalue weighted by atomic mass is 16.5. The molecule has 0 aliphatic heterocycles. The second-order valence-electron chi connectivity index (χ2n) is 3.71. The molecule has 2 N–H and O–H groups in total. The second kappa shape index (κ2) is 5.86.